The zero-order valence-corrected chi connectivity index (χ0v) is 12.7. The molecule has 0 aliphatic carbocycles. The molecule has 1 saturated heterocycles. The summed E-state index contributed by atoms with van der Waals surface area (Å²) in [7, 11) is 0. The quantitative estimate of drug-likeness (QED) is 0.773. The number of hydrogen-bond donors (Lipinski definition) is 1. The van der Waals surface area contributed by atoms with Gasteiger partial charge in [0.05, 0.1) is 19.8 Å². The highest BCUT2D eigenvalue weighted by Crippen LogP contribution is 2.29. The summed E-state index contributed by atoms with van der Waals surface area (Å²) < 4.78 is 5.41. The van der Waals surface area contributed by atoms with Crippen LogP contribution >= 0.6 is 0 Å². The number of ether oxygens (including phenoxy) is 1. The van der Waals surface area contributed by atoms with E-state index in [-0.39, 0.29) is 6.61 Å². The van der Waals surface area contributed by atoms with E-state index in [1.54, 1.807) is 0 Å². The Labute approximate surface area is 127 Å². The monoisotopic (exact) mass is 290 g/mol. The molecule has 4 nitrogen and oxygen atoms in total. The van der Waals surface area contributed by atoms with E-state index in [9.17, 15) is 0 Å². The first-order valence-electron chi connectivity index (χ1n) is 8.14. The van der Waals surface area contributed by atoms with Crippen molar-refractivity contribution in [2.75, 3.05) is 50.9 Å². The summed E-state index contributed by atoms with van der Waals surface area (Å²) in [6, 6.07) is 9.44. The van der Waals surface area contributed by atoms with Gasteiger partial charge in [-0.2, -0.15) is 0 Å². The third-order valence-electron chi connectivity index (χ3n) is 4.67. The summed E-state index contributed by atoms with van der Waals surface area (Å²) in [4.78, 5) is 5.10. The number of fused-ring (bicyclic) bond motifs is 1. The normalized spacial score (nSPS) is 22.0. The van der Waals surface area contributed by atoms with E-state index in [1.165, 1.54) is 37.1 Å². The molecular weight excluding hydrogens is 264 g/mol. The molecule has 21 heavy (non-hydrogen) atoms. The Kier molecular flexibility index (Phi) is 5.12. The molecular formula is C17H26N2O2. The summed E-state index contributed by atoms with van der Waals surface area (Å²) in [5, 5.41) is 8.75. The van der Waals surface area contributed by atoms with Crippen molar-refractivity contribution in [2.45, 2.75) is 25.3 Å². The zero-order valence-electron chi connectivity index (χ0n) is 12.7. The molecule has 1 fully saturated rings. The summed E-state index contributed by atoms with van der Waals surface area (Å²) in [5.74, 6) is 0. The minimum atomic E-state index is 0.119. The zero-order chi connectivity index (χ0) is 14.5. The van der Waals surface area contributed by atoms with E-state index in [4.69, 9.17) is 9.84 Å². The van der Waals surface area contributed by atoms with Gasteiger partial charge in [-0.3, -0.25) is 4.90 Å². The van der Waals surface area contributed by atoms with Crippen LogP contribution in [0.4, 0.5) is 5.69 Å². The Balaban J connectivity index is 1.52. The number of nitrogens with zero attached hydrogens (tertiary/aromatic N) is 2. The summed E-state index contributed by atoms with van der Waals surface area (Å²) in [5.41, 5.74) is 2.93. The molecule has 3 rings (SSSR count). The predicted molar refractivity (Wildman–Crippen MR) is 84.9 cm³/mol. The highest BCUT2D eigenvalue weighted by Gasteiger charge is 2.28. The van der Waals surface area contributed by atoms with Gasteiger partial charge in [-0.15, -0.1) is 0 Å². The number of aliphatic hydroxyl groups is 1. The third kappa shape index (κ3) is 3.57. The van der Waals surface area contributed by atoms with Crippen LogP contribution in [0.5, 0.6) is 0 Å². The van der Waals surface area contributed by atoms with Crippen molar-refractivity contribution < 1.29 is 9.84 Å². The Morgan fingerprint density at radius 2 is 2.10 bits per heavy atom. The smallest absolute Gasteiger partial charge is 0.0698 e. The number of hydrogen-bond acceptors (Lipinski definition) is 4. The molecule has 0 amide bonds. The van der Waals surface area contributed by atoms with Gasteiger partial charge in [-0.1, -0.05) is 18.2 Å². The number of benzene rings is 1. The summed E-state index contributed by atoms with van der Waals surface area (Å²) in [6.07, 6.45) is 3.77. The van der Waals surface area contributed by atoms with E-state index in [2.05, 4.69) is 34.1 Å². The molecule has 1 N–H and O–H groups in total. The van der Waals surface area contributed by atoms with Gasteiger partial charge in [0.1, 0.15) is 0 Å². The molecule has 2 aliphatic rings. The first-order valence-corrected chi connectivity index (χ1v) is 8.14. The van der Waals surface area contributed by atoms with Gasteiger partial charge in [0.15, 0.2) is 0 Å². The number of aliphatic hydroxyl groups excluding tert-OH is 1. The Bertz CT molecular complexity index is 452. The Hall–Kier alpha value is -1.10. The van der Waals surface area contributed by atoms with E-state index in [0.29, 0.717) is 12.6 Å². The molecule has 0 bridgehead atoms. The average molecular weight is 290 g/mol. The van der Waals surface area contributed by atoms with Crippen molar-refractivity contribution in [2.24, 2.45) is 0 Å². The largest absolute Gasteiger partial charge is 0.394 e. The lowest BCUT2D eigenvalue weighted by Crippen LogP contribution is -2.41. The molecule has 4 heteroatoms. The van der Waals surface area contributed by atoms with Crippen molar-refractivity contribution >= 4 is 5.69 Å². The maximum Gasteiger partial charge on any atom is 0.0698 e. The fourth-order valence-electron chi connectivity index (χ4n) is 3.60. The first-order chi connectivity index (χ1) is 10.4. The minimum Gasteiger partial charge on any atom is -0.394 e. The minimum absolute atomic E-state index is 0.119. The van der Waals surface area contributed by atoms with Crippen LogP contribution < -0.4 is 4.90 Å². The van der Waals surface area contributed by atoms with Crippen LogP contribution in [-0.2, 0) is 11.2 Å². The number of rotatable bonds is 7. The summed E-state index contributed by atoms with van der Waals surface area (Å²) in [6.45, 7) is 5.77. The molecule has 1 unspecified atom stereocenters. The Morgan fingerprint density at radius 3 is 3.00 bits per heavy atom. The van der Waals surface area contributed by atoms with Crippen LogP contribution in [-0.4, -0.2) is 62.0 Å². The lowest BCUT2D eigenvalue weighted by atomic mass is 10.1. The van der Waals surface area contributed by atoms with Crippen molar-refractivity contribution in [1.82, 2.24) is 4.90 Å². The average Bonchev–Trinajstić information content (AvgIpc) is 3.12. The molecule has 1 aromatic rings. The molecule has 0 spiro atoms. The van der Waals surface area contributed by atoms with Gasteiger partial charge >= 0.3 is 0 Å². The molecule has 0 aromatic heterocycles. The van der Waals surface area contributed by atoms with Crippen LogP contribution in [0, 0.1) is 0 Å². The van der Waals surface area contributed by atoms with E-state index >= 15 is 0 Å². The fourth-order valence-corrected chi connectivity index (χ4v) is 3.60. The van der Waals surface area contributed by atoms with E-state index in [1.807, 2.05) is 0 Å². The SMILES string of the molecule is OCCOCCN1CCCC1CN1CCc2ccccc21. The second-order valence-electron chi connectivity index (χ2n) is 5.99. The summed E-state index contributed by atoms with van der Waals surface area (Å²) >= 11 is 0. The van der Waals surface area contributed by atoms with Gasteiger partial charge in [-0.05, 0) is 37.4 Å². The van der Waals surface area contributed by atoms with Crippen molar-refractivity contribution in [3.05, 3.63) is 29.8 Å². The van der Waals surface area contributed by atoms with Crippen LogP contribution in [0.25, 0.3) is 0 Å². The molecule has 0 radical (unpaired) electrons. The van der Waals surface area contributed by atoms with Crippen LogP contribution in [0.2, 0.25) is 0 Å². The Morgan fingerprint density at radius 1 is 1.19 bits per heavy atom. The van der Waals surface area contributed by atoms with Gasteiger partial charge < -0.3 is 14.7 Å². The van der Waals surface area contributed by atoms with Crippen LogP contribution in [0.15, 0.2) is 24.3 Å². The predicted octanol–water partition coefficient (Wildman–Crippen LogP) is 1.52. The van der Waals surface area contributed by atoms with Crippen LogP contribution in [0.1, 0.15) is 18.4 Å². The standard InChI is InChI=1S/C17H26N2O2/c20-11-13-21-12-10-18-8-3-5-16(18)14-19-9-7-15-4-1-2-6-17(15)19/h1-2,4,6,16,20H,3,5,7-14H2. The maximum absolute atomic E-state index is 8.75. The number of anilines is 1. The molecule has 1 aromatic carbocycles. The first kappa shape index (κ1) is 14.8. The molecule has 116 valence electrons. The lowest BCUT2D eigenvalue weighted by Gasteiger charge is -2.30. The molecule has 2 aliphatic heterocycles. The van der Waals surface area contributed by atoms with E-state index < -0.39 is 0 Å². The van der Waals surface area contributed by atoms with Crippen molar-refractivity contribution in [3.63, 3.8) is 0 Å². The second-order valence-corrected chi connectivity index (χ2v) is 5.99. The molecule has 1 atom stereocenters. The van der Waals surface area contributed by atoms with Gasteiger partial charge in [0.25, 0.3) is 0 Å². The van der Waals surface area contributed by atoms with Crippen molar-refractivity contribution in [3.8, 4) is 0 Å². The van der Waals surface area contributed by atoms with Crippen molar-refractivity contribution in [1.29, 1.82) is 0 Å². The van der Waals surface area contributed by atoms with E-state index in [0.717, 1.165) is 26.2 Å². The molecule has 2 heterocycles. The number of likely N-dealkylation sites (tertiary alicyclic amines) is 1. The third-order valence-corrected chi connectivity index (χ3v) is 4.67. The fraction of sp³-hybridized carbons (Fsp3) is 0.647. The maximum atomic E-state index is 8.75. The molecule has 0 saturated carbocycles. The topological polar surface area (TPSA) is 35.9 Å². The van der Waals surface area contributed by atoms with Crippen LogP contribution in [0.3, 0.4) is 0 Å². The number of para-hydroxylation sites is 1. The van der Waals surface area contributed by atoms with Gasteiger partial charge in [-0.25, -0.2) is 0 Å². The highest BCUT2D eigenvalue weighted by molar-refractivity contribution is 5.57. The van der Waals surface area contributed by atoms with Gasteiger partial charge in [0, 0.05) is 31.4 Å². The second kappa shape index (κ2) is 7.25. The highest BCUT2D eigenvalue weighted by atomic mass is 16.5. The lowest BCUT2D eigenvalue weighted by molar-refractivity contribution is 0.0715. The van der Waals surface area contributed by atoms with Gasteiger partial charge in [0.2, 0.25) is 0 Å².